The summed E-state index contributed by atoms with van der Waals surface area (Å²) in [5, 5.41) is 26.6. The van der Waals surface area contributed by atoms with Crippen LogP contribution in [0.4, 0.5) is 8.78 Å². The highest BCUT2D eigenvalue weighted by Gasteiger charge is 2.42. The Kier molecular flexibility index (Phi) is 5.44. The van der Waals surface area contributed by atoms with E-state index in [1.54, 1.807) is 11.6 Å². The van der Waals surface area contributed by atoms with E-state index in [4.69, 9.17) is 5.41 Å². The van der Waals surface area contributed by atoms with E-state index in [9.17, 15) is 14.0 Å². The molecular formula is C15H22F2N6. The van der Waals surface area contributed by atoms with Gasteiger partial charge >= 0.3 is 0 Å². The van der Waals surface area contributed by atoms with Gasteiger partial charge in [-0.1, -0.05) is 6.92 Å². The first kappa shape index (κ1) is 17.5. The van der Waals surface area contributed by atoms with Gasteiger partial charge in [-0.05, 0) is 38.8 Å². The average Bonchev–Trinajstić information content (AvgIpc) is 2.94. The maximum atomic E-state index is 12.9. The molecule has 126 valence electrons. The molecule has 0 aliphatic carbocycles. The summed E-state index contributed by atoms with van der Waals surface area (Å²) in [4.78, 5) is 0. The number of halogens is 2. The lowest BCUT2D eigenvalue weighted by Gasteiger charge is -2.41. The van der Waals surface area contributed by atoms with Crippen molar-refractivity contribution in [1.82, 2.24) is 20.4 Å². The van der Waals surface area contributed by atoms with Crippen LogP contribution in [0.25, 0.3) is 0 Å². The molecule has 3 atom stereocenters. The summed E-state index contributed by atoms with van der Waals surface area (Å²) in [6.45, 7) is 2.41. The maximum Gasteiger partial charge on any atom is 0.293 e. The van der Waals surface area contributed by atoms with E-state index < -0.39 is 18.1 Å². The van der Waals surface area contributed by atoms with Crippen LogP contribution in [-0.4, -0.2) is 41.2 Å². The lowest BCUT2D eigenvalue weighted by Crippen LogP contribution is -2.55. The molecule has 2 unspecified atom stereocenters. The zero-order valence-electron chi connectivity index (χ0n) is 13.3. The Hall–Kier alpha value is -1.85. The molecule has 3 N–H and O–H groups in total. The number of hydrogen-bond donors (Lipinski definition) is 3. The fourth-order valence-electron chi connectivity index (χ4n) is 3.20. The Balaban J connectivity index is 2.39. The first-order valence-electron chi connectivity index (χ1n) is 7.69. The molecule has 0 radical (unpaired) electrons. The van der Waals surface area contributed by atoms with Gasteiger partial charge in [-0.15, -0.1) is 0 Å². The molecule has 8 heteroatoms. The SMILES string of the molecule is CCNCC1Cc2c(C#N)cnn2[C@@H](C(C)(C=N)NC(F)F)C1. The normalized spacial score (nSPS) is 23.1. The minimum Gasteiger partial charge on any atom is -0.317 e. The van der Waals surface area contributed by atoms with E-state index in [1.165, 1.54) is 6.20 Å². The molecule has 1 aliphatic rings. The second-order valence-corrected chi connectivity index (χ2v) is 6.06. The van der Waals surface area contributed by atoms with Crippen molar-refractivity contribution in [2.45, 2.75) is 44.8 Å². The standard InChI is InChI=1S/C15H22F2N6/c1-3-20-7-10-4-12-11(6-18)8-21-23(12)13(5-10)15(2,9-19)22-14(16)17/h8-10,13-14,19-20,22H,3-5,7H2,1-2H3/t10?,13-,15?/m1/s1. The van der Waals surface area contributed by atoms with Crippen molar-refractivity contribution in [2.24, 2.45) is 5.92 Å². The second kappa shape index (κ2) is 7.15. The summed E-state index contributed by atoms with van der Waals surface area (Å²) in [5.41, 5.74) is 0.00313. The number of alkyl halides is 2. The maximum absolute atomic E-state index is 12.9. The van der Waals surface area contributed by atoms with E-state index >= 15 is 0 Å². The number of rotatable bonds is 7. The molecule has 0 saturated carbocycles. The van der Waals surface area contributed by atoms with Crippen LogP contribution in [0.1, 0.15) is 37.6 Å². The Morgan fingerprint density at radius 3 is 2.96 bits per heavy atom. The monoisotopic (exact) mass is 324 g/mol. The lowest BCUT2D eigenvalue weighted by atomic mass is 9.81. The Bertz CT molecular complexity index is 593. The number of hydrogen-bond acceptors (Lipinski definition) is 5. The minimum absolute atomic E-state index is 0.204. The van der Waals surface area contributed by atoms with Gasteiger partial charge in [0, 0.05) is 6.21 Å². The van der Waals surface area contributed by atoms with Crippen LogP contribution in [0.2, 0.25) is 0 Å². The van der Waals surface area contributed by atoms with Crippen molar-refractivity contribution in [3.8, 4) is 6.07 Å². The van der Waals surface area contributed by atoms with Crippen LogP contribution < -0.4 is 10.6 Å². The van der Waals surface area contributed by atoms with Crippen molar-refractivity contribution in [3.63, 3.8) is 0 Å². The molecule has 2 rings (SSSR count). The van der Waals surface area contributed by atoms with E-state index in [2.05, 4.69) is 21.8 Å². The number of aromatic nitrogens is 2. The molecule has 23 heavy (non-hydrogen) atoms. The molecular weight excluding hydrogens is 302 g/mol. The fraction of sp³-hybridized carbons (Fsp3) is 0.667. The molecule has 1 aromatic heterocycles. The third-order valence-corrected chi connectivity index (χ3v) is 4.45. The average molecular weight is 324 g/mol. The third kappa shape index (κ3) is 3.57. The molecule has 1 aromatic rings. The lowest BCUT2D eigenvalue weighted by molar-refractivity contribution is 0.0611. The summed E-state index contributed by atoms with van der Waals surface area (Å²) in [6.07, 6.45) is 3.77. The van der Waals surface area contributed by atoms with Crippen LogP contribution in [-0.2, 0) is 6.42 Å². The molecule has 0 aromatic carbocycles. The zero-order valence-corrected chi connectivity index (χ0v) is 13.3. The smallest absolute Gasteiger partial charge is 0.293 e. The van der Waals surface area contributed by atoms with Gasteiger partial charge < -0.3 is 10.7 Å². The summed E-state index contributed by atoms with van der Waals surface area (Å²) in [6, 6.07) is 1.67. The fourth-order valence-corrected chi connectivity index (χ4v) is 3.20. The van der Waals surface area contributed by atoms with Crippen molar-refractivity contribution in [3.05, 3.63) is 17.5 Å². The van der Waals surface area contributed by atoms with Gasteiger partial charge in [0.25, 0.3) is 6.55 Å². The molecule has 0 amide bonds. The molecule has 2 heterocycles. The molecule has 0 saturated heterocycles. The van der Waals surface area contributed by atoms with Crippen LogP contribution in [0.15, 0.2) is 6.20 Å². The molecule has 1 aliphatic heterocycles. The molecule has 0 fully saturated rings. The van der Waals surface area contributed by atoms with Crippen molar-refractivity contribution in [2.75, 3.05) is 13.1 Å². The van der Waals surface area contributed by atoms with Gasteiger partial charge in [0.05, 0.1) is 29.0 Å². The topological polar surface area (TPSA) is 89.5 Å². The third-order valence-electron chi connectivity index (χ3n) is 4.45. The van der Waals surface area contributed by atoms with Gasteiger partial charge in [0.1, 0.15) is 6.07 Å². The van der Waals surface area contributed by atoms with Gasteiger partial charge in [-0.2, -0.15) is 19.1 Å². The first-order valence-corrected chi connectivity index (χ1v) is 7.69. The number of nitriles is 1. The van der Waals surface area contributed by atoms with Crippen LogP contribution in [0.3, 0.4) is 0 Å². The summed E-state index contributed by atoms with van der Waals surface area (Å²) in [7, 11) is 0. The largest absolute Gasteiger partial charge is 0.317 e. The predicted molar refractivity (Wildman–Crippen MR) is 82.7 cm³/mol. The predicted octanol–water partition coefficient (Wildman–Crippen LogP) is 1.69. The zero-order chi connectivity index (χ0) is 17.0. The van der Waals surface area contributed by atoms with Gasteiger partial charge in [0.2, 0.25) is 0 Å². The van der Waals surface area contributed by atoms with E-state index in [0.29, 0.717) is 18.4 Å². The highest BCUT2D eigenvalue weighted by atomic mass is 19.3. The van der Waals surface area contributed by atoms with Crippen LogP contribution >= 0.6 is 0 Å². The Morgan fingerprint density at radius 1 is 1.65 bits per heavy atom. The van der Waals surface area contributed by atoms with Crippen molar-refractivity contribution in [1.29, 1.82) is 10.7 Å². The Morgan fingerprint density at radius 2 is 2.39 bits per heavy atom. The van der Waals surface area contributed by atoms with Crippen LogP contribution in [0.5, 0.6) is 0 Å². The number of nitrogens with zero attached hydrogens (tertiary/aromatic N) is 3. The summed E-state index contributed by atoms with van der Waals surface area (Å²) < 4.78 is 27.5. The van der Waals surface area contributed by atoms with Gasteiger partial charge in [-0.25, -0.2) is 5.32 Å². The van der Waals surface area contributed by atoms with Gasteiger partial charge in [0.15, 0.2) is 0 Å². The van der Waals surface area contributed by atoms with Crippen molar-refractivity contribution >= 4 is 6.21 Å². The quantitative estimate of drug-likeness (QED) is 0.526. The highest BCUT2D eigenvalue weighted by molar-refractivity contribution is 5.67. The molecule has 0 spiro atoms. The number of nitrogens with one attached hydrogen (secondary N) is 3. The Labute approximate surface area is 134 Å². The van der Waals surface area contributed by atoms with E-state index in [0.717, 1.165) is 25.0 Å². The summed E-state index contributed by atoms with van der Waals surface area (Å²) in [5.74, 6) is 0.204. The molecule has 6 nitrogen and oxygen atoms in total. The first-order chi connectivity index (χ1) is 10.9. The highest BCUT2D eigenvalue weighted by Crippen LogP contribution is 2.36. The summed E-state index contributed by atoms with van der Waals surface area (Å²) >= 11 is 0. The second-order valence-electron chi connectivity index (χ2n) is 6.06. The van der Waals surface area contributed by atoms with Crippen LogP contribution in [0, 0.1) is 22.7 Å². The van der Waals surface area contributed by atoms with Crippen molar-refractivity contribution < 1.29 is 8.78 Å². The van der Waals surface area contributed by atoms with Gasteiger partial charge in [-0.3, -0.25) is 4.68 Å². The minimum atomic E-state index is -2.73. The number of fused-ring (bicyclic) bond motifs is 1. The van der Waals surface area contributed by atoms with E-state index in [-0.39, 0.29) is 5.92 Å². The van der Waals surface area contributed by atoms with E-state index in [1.807, 2.05) is 6.92 Å². The molecule has 0 bridgehead atoms.